The van der Waals surface area contributed by atoms with Crippen LogP contribution >= 0.6 is 15.9 Å². The molecule has 1 N–H and O–H groups in total. The second-order valence-electron chi connectivity index (χ2n) is 4.73. The summed E-state index contributed by atoms with van der Waals surface area (Å²) < 4.78 is 1.03. The molecule has 0 aliphatic carbocycles. The maximum atomic E-state index is 12.1. The van der Waals surface area contributed by atoms with Gasteiger partial charge in [0.05, 0.1) is 0 Å². The first-order valence-electron chi connectivity index (χ1n) is 5.71. The monoisotopic (exact) mass is 292 g/mol. The van der Waals surface area contributed by atoms with Crippen LogP contribution in [0.5, 0.6) is 0 Å². The first-order chi connectivity index (χ1) is 8.13. The maximum Gasteiger partial charge on any atom is 0.270 e. The SMILES string of the molecule is CC1CN(C(=O)c2cc3cc(Br)ccc3[nH]2)C1. The molecule has 88 valence electrons. The molecule has 1 aromatic heterocycles. The summed E-state index contributed by atoms with van der Waals surface area (Å²) in [6.07, 6.45) is 0. The van der Waals surface area contributed by atoms with E-state index in [1.165, 1.54) is 0 Å². The zero-order chi connectivity index (χ0) is 12.0. The summed E-state index contributed by atoms with van der Waals surface area (Å²) in [5, 5.41) is 1.07. The molecule has 17 heavy (non-hydrogen) atoms. The van der Waals surface area contributed by atoms with E-state index >= 15 is 0 Å². The van der Waals surface area contributed by atoms with E-state index in [9.17, 15) is 4.79 Å². The molecule has 1 amide bonds. The van der Waals surface area contributed by atoms with Gasteiger partial charge in [-0.1, -0.05) is 22.9 Å². The number of aromatic amines is 1. The van der Waals surface area contributed by atoms with Gasteiger partial charge in [-0.3, -0.25) is 4.79 Å². The lowest BCUT2D eigenvalue weighted by atomic mass is 10.0. The average Bonchev–Trinajstić information content (AvgIpc) is 2.66. The molecule has 1 aromatic carbocycles. The predicted molar refractivity (Wildman–Crippen MR) is 71.1 cm³/mol. The van der Waals surface area contributed by atoms with Crippen molar-refractivity contribution in [3.05, 3.63) is 34.4 Å². The van der Waals surface area contributed by atoms with Gasteiger partial charge in [0.2, 0.25) is 0 Å². The molecule has 0 atom stereocenters. The zero-order valence-corrected chi connectivity index (χ0v) is 11.1. The molecule has 0 unspecified atom stereocenters. The van der Waals surface area contributed by atoms with E-state index in [0.29, 0.717) is 11.6 Å². The fourth-order valence-electron chi connectivity index (χ4n) is 2.25. The highest BCUT2D eigenvalue weighted by Crippen LogP contribution is 2.23. The summed E-state index contributed by atoms with van der Waals surface area (Å²) >= 11 is 3.43. The third-order valence-electron chi connectivity index (χ3n) is 3.16. The second kappa shape index (κ2) is 3.88. The van der Waals surface area contributed by atoms with Crippen LogP contribution in [-0.4, -0.2) is 28.9 Å². The summed E-state index contributed by atoms with van der Waals surface area (Å²) in [5.74, 6) is 0.743. The number of nitrogens with one attached hydrogen (secondary N) is 1. The number of likely N-dealkylation sites (tertiary alicyclic amines) is 1. The lowest BCUT2D eigenvalue weighted by molar-refractivity contribution is 0.0525. The fraction of sp³-hybridized carbons (Fsp3) is 0.308. The number of carbonyl (C=O) groups is 1. The molecule has 0 bridgehead atoms. The van der Waals surface area contributed by atoms with Crippen LogP contribution in [0.3, 0.4) is 0 Å². The van der Waals surface area contributed by atoms with Crippen molar-refractivity contribution in [1.82, 2.24) is 9.88 Å². The molecule has 2 heterocycles. The van der Waals surface area contributed by atoms with Crippen molar-refractivity contribution < 1.29 is 4.79 Å². The van der Waals surface area contributed by atoms with Gasteiger partial charge < -0.3 is 9.88 Å². The van der Waals surface area contributed by atoms with E-state index in [2.05, 4.69) is 27.8 Å². The van der Waals surface area contributed by atoms with E-state index in [1.54, 1.807) is 0 Å². The van der Waals surface area contributed by atoms with E-state index in [4.69, 9.17) is 0 Å². The number of rotatable bonds is 1. The van der Waals surface area contributed by atoms with Crippen LogP contribution in [-0.2, 0) is 0 Å². The Kier molecular flexibility index (Phi) is 2.47. The van der Waals surface area contributed by atoms with Gasteiger partial charge in [0.15, 0.2) is 0 Å². The molecule has 1 saturated heterocycles. The van der Waals surface area contributed by atoms with Crippen molar-refractivity contribution in [1.29, 1.82) is 0 Å². The number of hydrogen-bond donors (Lipinski definition) is 1. The topological polar surface area (TPSA) is 36.1 Å². The highest BCUT2D eigenvalue weighted by Gasteiger charge is 2.28. The van der Waals surface area contributed by atoms with Crippen molar-refractivity contribution in [2.45, 2.75) is 6.92 Å². The number of H-pyrrole nitrogens is 1. The average molecular weight is 293 g/mol. The molecule has 0 radical (unpaired) electrons. The second-order valence-corrected chi connectivity index (χ2v) is 5.65. The fourth-order valence-corrected chi connectivity index (χ4v) is 2.63. The Morgan fingerprint density at radius 2 is 2.18 bits per heavy atom. The molecule has 1 aliphatic rings. The van der Waals surface area contributed by atoms with Gasteiger partial charge in [-0.2, -0.15) is 0 Å². The number of aromatic nitrogens is 1. The smallest absolute Gasteiger partial charge is 0.270 e. The molecule has 3 rings (SSSR count). The molecular formula is C13H13BrN2O. The molecule has 3 nitrogen and oxygen atoms in total. The Balaban J connectivity index is 1.93. The first kappa shape index (κ1) is 10.8. The number of hydrogen-bond acceptors (Lipinski definition) is 1. The minimum absolute atomic E-state index is 0.107. The number of fused-ring (bicyclic) bond motifs is 1. The van der Waals surface area contributed by atoms with Crippen LogP contribution in [0.4, 0.5) is 0 Å². The predicted octanol–water partition coefficient (Wildman–Crippen LogP) is 3.02. The number of benzene rings is 1. The third-order valence-corrected chi connectivity index (χ3v) is 3.66. The quantitative estimate of drug-likeness (QED) is 0.862. The number of carbonyl (C=O) groups excluding carboxylic acids is 1. The van der Waals surface area contributed by atoms with Gasteiger partial charge in [-0.25, -0.2) is 0 Å². The number of amides is 1. The van der Waals surface area contributed by atoms with E-state index in [-0.39, 0.29) is 5.91 Å². The molecule has 1 aliphatic heterocycles. The van der Waals surface area contributed by atoms with Crippen LogP contribution in [0.2, 0.25) is 0 Å². The van der Waals surface area contributed by atoms with E-state index in [1.807, 2.05) is 29.2 Å². The molecule has 4 heteroatoms. The lowest BCUT2D eigenvalue weighted by Crippen LogP contribution is -2.48. The van der Waals surface area contributed by atoms with Gasteiger partial charge in [0.25, 0.3) is 5.91 Å². The van der Waals surface area contributed by atoms with E-state index < -0.39 is 0 Å². The van der Waals surface area contributed by atoms with Gasteiger partial charge >= 0.3 is 0 Å². The largest absolute Gasteiger partial charge is 0.351 e. The van der Waals surface area contributed by atoms with Crippen molar-refractivity contribution in [2.75, 3.05) is 13.1 Å². The van der Waals surface area contributed by atoms with Crippen molar-refractivity contribution in [2.24, 2.45) is 5.92 Å². The summed E-state index contributed by atoms with van der Waals surface area (Å²) in [5.41, 5.74) is 1.69. The standard InChI is InChI=1S/C13H13BrN2O/c1-8-6-16(7-8)13(17)12-5-9-4-10(14)2-3-11(9)15-12/h2-5,8,15H,6-7H2,1H3. The van der Waals surface area contributed by atoms with E-state index in [0.717, 1.165) is 28.5 Å². The van der Waals surface area contributed by atoms with Crippen LogP contribution < -0.4 is 0 Å². The lowest BCUT2D eigenvalue weighted by Gasteiger charge is -2.36. The summed E-state index contributed by atoms with van der Waals surface area (Å²) in [6, 6.07) is 7.89. The van der Waals surface area contributed by atoms with Crippen LogP contribution in [0.15, 0.2) is 28.7 Å². The van der Waals surface area contributed by atoms with Gasteiger partial charge in [-0.05, 0) is 30.2 Å². The Morgan fingerprint density at radius 1 is 1.41 bits per heavy atom. The first-order valence-corrected chi connectivity index (χ1v) is 6.50. The van der Waals surface area contributed by atoms with Crippen LogP contribution in [0.1, 0.15) is 17.4 Å². The minimum Gasteiger partial charge on any atom is -0.351 e. The Bertz CT molecular complexity index is 584. The normalized spacial score (nSPS) is 16.2. The Labute approximate surface area is 108 Å². The minimum atomic E-state index is 0.107. The van der Waals surface area contributed by atoms with Crippen LogP contribution in [0.25, 0.3) is 10.9 Å². The Hall–Kier alpha value is -1.29. The van der Waals surface area contributed by atoms with Crippen molar-refractivity contribution in [3.63, 3.8) is 0 Å². The third kappa shape index (κ3) is 1.86. The van der Waals surface area contributed by atoms with Crippen molar-refractivity contribution in [3.8, 4) is 0 Å². The molecule has 1 fully saturated rings. The van der Waals surface area contributed by atoms with Gasteiger partial charge in [0, 0.05) is 28.5 Å². The Morgan fingerprint density at radius 3 is 2.88 bits per heavy atom. The molecule has 0 spiro atoms. The maximum absolute atomic E-state index is 12.1. The zero-order valence-electron chi connectivity index (χ0n) is 9.53. The molecule has 2 aromatic rings. The van der Waals surface area contributed by atoms with Crippen LogP contribution in [0, 0.1) is 5.92 Å². The van der Waals surface area contributed by atoms with Gasteiger partial charge in [-0.15, -0.1) is 0 Å². The van der Waals surface area contributed by atoms with Gasteiger partial charge in [0.1, 0.15) is 5.69 Å². The number of halogens is 1. The molecule has 0 saturated carbocycles. The number of nitrogens with zero attached hydrogens (tertiary/aromatic N) is 1. The highest BCUT2D eigenvalue weighted by molar-refractivity contribution is 9.10. The highest BCUT2D eigenvalue weighted by atomic mass is 79.9. The molecular weight excluding hydrogens is 280 g/mol. The summed E-state index contributed by atoms with van der Waals surface area (Å²) in [4.78, 5) is 17.2. The summed E-state index contributed by atoms with van der Waals surface area (Å²) in [7, 11) is 0. The van der Waals surface area contributed by atoms with Crippen molar-refractivity contribution >= 4 is 32.7 Å². The summed E-state index contributed by atoms with van der Waals surface area (Å²) in [6.45, 7) is 3.90.